The number of carbonyl (C=O) groups excluding carboxylic acids is 2. The molecule has 1 saturated heterocycles. The van der Waals surface area contributed by atoms with Crippen molar-refractivity contribution in [3.63, 3.8) is 0 Å². The highest BCUT2D eigenvalue weighted by atomic mass is 16.6. The molecule has 1 fully saturated rings. The summed E-state index contributed by atoms with van der Waals surface area (Å²) in [5, 5.41) is 0. The first kappa shape index (κ1) is 46.8. The number of hydrogen-bond donors (Lipinski definition) is 1. The highest BCUT2D eigenvalue weighted by Gasteiger charge is 2.45. The molecule has 0 aromatic rings. The maximum absolute atomic E-state index is 13.5. The molecule has 0 aliphatic carbocycles. The topological polar surface area (TPSA) is 147 Å². The van der Waals surface area contributed by atoms with Gasteiger partial charge in [-0.1, -0.05) is 52.0 Å². The number of allylic oxidation sites excluding steroid dienone is 3. The predicted molar refractivity (Wildman–Crippen MR) is 205 cm³/mol. The van der Waals surface area contributed by atoms with E-state index in [-0.39, 0.29) is 49.1 Å². The van der Waals surface area contributed by atoms with Gasteiger partial charge in [-0.25, -0.2) is 4.79 Å². The van der Waals surface area contributed by atoms with Crippen molar-refractivity contribution >= 4 is 12.1 Å². The van der Waals surface area contributed by atoms with Crippen molar-refractivity contribution in [2.45, 2.75) is 137 Å². The van der Waals surface area contributed by atoms with Gasteiger partial charge < -0.3 is 48.4 Å². The molecule has 10 atom stereocenters. The molecule has 0 radical (unpaired) electrons. The summed E-state index contributed by atoms with van der Waals surface area (Å²) >= 11 is 0. The van der Waals surface area contributed by atoms with E-state index in [4.69, 9.17) is 48.4 Å². The normalized spacial score (nSPS) is 29.5. The molecule has 0 aromatic heterocycles. The third-order valence-corrected chi connectivity index (χ3v) is 9.92. The first-order valence-electron chi connectivity index (χ1n) is 19.8. The minimum Gasteiger partial charge on any atom is -0.457 e. The lowest BCUT2D eigenvalue weighted by Gasteiger charge is -2.37. The number of amides is 1. The first-order valence-corrected chi connectivity index (χ1v) is 19.8. The van der Waals surface area contributed by atoms with Gasteiger partial charge in [-0.2, -0.15) is 0 Å². The fraction of sp³-hybridized carbons (Fsp3) is 0.805. The maximum atomic E-state index is 13.5. The Morgan fingerprint density at radius 3 is 2.30 bits per heavy atom. The second kappa shape index (κ2) is 25.7. The van der Waals surface area contributed by atoms with Crippen LogP contribution >= 0.6 is 0 Å². The number of epoxide rings is 1. The summed E-state index contributed by atoms with van der Waals surface area (Å²) < 4.78 is 52.8. The molecule has 53 heavy (non-hydrogen) atoms. The summed E-state index contributed by atoms with van der Waals surface area (Å²) in [6, 6.07) is 0. The van der Waals surface area contributed by atoms with Crippen molar-refractivity contribution in [1.82, 2.24) is 0 Å². The zero-order chi connectivity index (χ0) is 39.2. The second-order valence-electron chi connectivity index (χ2n) is 14.3. The number of esters is 1. The number of cyclic esters (lactones) is 1. The molecular weight excluding hydrogens is 682 g/mol. The SMILES string of the molecule is CCOCCOC1CCC(C)(OCCOCC)C(OC(N)=O)/C=C/C(C)C(/C(C)=C/C=C/C(C)CC2OC2C(C)C(CC)OCCOCC)OC(=O)C1. The standard InChI is InChI=1S/C41H71NO11/c1-10-34(49-25-22-46-12-3)32(8)39-35(51-39)27-29(5)15-14-16-30(6)38-31(7)17-18-36(52-40(42)44)41(9,50-26-23-47-13-4)20-19-33(28-37(43)53-38)48-24-21-45-11-2/h14-18,29,31-36,38-39H,10-13,19-28H2,1-9H3,(H2,42,44)/b15-14+,18-17+,30-16+. The average Bonchev–Trinajstić information content (AvgIpc) is 3.89. The fourth-order valence-electron chi connectivity index (χ4n) is 6.75. The summed E-state index contributed by atoms with van der Waals surface area (Å²) in [6.45, 7) is 22.6. The van der Waals surface area contributed by atoms with E-state index in [1.165, 1.54) is 0 Å². The lowest BCUT2D eigenvalue weighted by molar-refractivity contribution is -0.154. The van der Waals surface area contributed by atoms with Crippen molar-refractivity contribution in [3.05, 3.63) is 36.0 Å². The summed E-state index contributed by atoms with van der Waals surface area (Å²) in [7, 11) is 0. The molecule has 2 N–H and O–H groups in total. The van der Waals surface area contributed by atoms with Crippen LogP contribution in [0, 0.1) is 17.8 Å². The van der Waals surface area contributed by atoms with Gasteiger partial charge in [-0.15, -0.1) is 0 Å². The second-order valence-corrected chi connectivity index (χ2v) is 14.3. The van der Waals surface area contributed by atoms with Gasteiger partial charge in [-0.3, -0.25) is 4.79 Å². The van der Waals surface area contributed by atoms with Gasteiger partial charge in [0.1, 0.15) is 11.7 Å². The Morgan fingerprint density at radius 1 is 1.00 bits per heavy atom. The smallest absolute Gasteiger partial charge is 0.405 e. The van der Waals surface area contributed by atoms with E-state index in [9.17, 15) is 9.59 Å². The van der Waals surface area contributed by atoms with Crippen LogP contribution in [0.2, 0.25) is 0 Å². The molecule has 0 spiro atoms. The summed E-state index contributed by atoms with van der Waals surface area (Å²) in [4.78, 5) is 25.6. The van der Waals surface area contributed by atoms with Crippen LogP contribution in [0.3, 0.4) is 0 Å². The minimum atomic E-state index is -0.970. The monoisotopic (exact) mass is 754 g/mol. The number of primary amides is 1. The molecule has 0 bridgehead atoms. The molecule has 0 aromatic carbocycles. The molecule has 2 heterocycles. The van der Waals surface area contributed by atoms with Crippen LogP contribution in [-0.4, -0.2) is 114 Å². The highest BCUT2D eigenvalue weighted by Crippen LogP contribution is 2.37. The number of hydrogen-bond acceptors (Lipinski definition) is 11. The summed E-state index contributed by atoms with van der Waals surface area (Å²) in [6.07, 6.45) is 10.4. The van der Waals surface area contributed by atoms with Gasteiger partial charge >= 0.3 is 12.1 Å². The van der Waals surface area contributed by atoms with Crippen LogP contribution in [0.15, 0.2) is 36.0 Å². The Morgan fingerprint density at radius 2 is 1.66 bits per heavy atom. The summed E-state index contributed by atoms with van der Waals surface area (Å²) in [5.41, 5.74) is 5.45. The van der Waals surface area contributed by atoms with Crippen LogP contribution in [0.25, 0.3) is 0 Å². The number of rotatable bonds is 24. The first-order chi connectivity index (χ1) is 25.4. The zero-order valence-electron chi connectivity index (χ0n) is 34.1. The van der Waals surface area contributed by atoms with E-state index < -0.39 is 30.0 Å². The number of nitrogens with two attached hydrogens (primary N) is 1. The Labute approximate surface area is 319 Å². The Kier molecular flexibility index (Phi) is 22.7. The molecule has 12 nitrogen and oxygen atoms in total. The van der Waals surface area contributed by atoms with Gasteiger partial charge in [0.2, 0.25) is 0 Å². The summed E-state index contributed by atoms with van der Waals surface area (Å²) in [5.74, 6) is -0.0474. The lowest BCUT2D eigenvalue weighted by Crippen LogP contribution is -2.46. The molecule has 2 aliphatic rings. The van der Waals surface area contributed by atoms with Crippen LogP contribution in [0.4, 0.5) is 4.79 Å². The van der Waals surface area contributed by atoms with Crippen molar-refractivity contribution < 1.29 is 52.2 Å². The third kappa shape index (κ3) is 17.8. The molecule has 2 aliphatic heterocycles. The van der Waals surface area contributed by atoms with Crippen molar-refractivity contribution in [1.29, 1.82) is 0 Å². The van der Waals surface area contributed by atoms with Crippen LogP contribution in [0.5, 0.6) is 0 Å². The van der Waals surface area contributed by atoms with Crippen LogP contribution in [0.1, 0.15) is 94.4 Å². The molecule has 10 unspecified atom stereocenters. The van der Waals surface area contributed by atoms with Crippen LogP contribution in [-0.2, 0) is 47.4 Å². The van der Waals surface area contributed by atoms with E-state index in [1.807, 2.05) is 59.8 Å². The van der Waals surface area contributed by atoms with E-state index in [0.717, 1.165) is 18.4 Å². The van der Waals surface area contributed by atoms with E-state index in [1.54, 1.807) is 6.08 Å². The van der Waals surface area contributed by atoms with Gasteiger partial charge in [0, 0.05) is 31.7 Å². The molecule has 306 valence electrons. The molecule has 12 heteroatoms. The number of carbonyl (C=O) groups is 2. The van der Waals surface area contributed by atoms with Gasteiger partial charge in [0.05, 0.1) is 70.5 Å². The predicted octanol–water partition coefficient (Wildman–Crippen LogP) is 6.74. The largest absolute Gasteiger partial charge is 0.457 e. The van der Waals surface area contributed by atoms with E-state index >= 15 is 0 Å². The zero-order valence-corrected chi connectivity index (χ0v) is 34.1. The van der Waals surface area contributed by atoms with Gasteiger partial charge in [-0.05, 0) is 77.9 Å². The Hall–Kier alpha value is -2.32. The van der Waals surface area contributed by atoms with Gasteiger partial charge in [0.15, 0.2) is 6.10 Å². The van der Waals surface area contributed by atoms with E-state index in [0.29, 0.717) is 71.6 Å². The molecule has 0 saturated carbocycles. The Bertz CT molecular complexity index is 1130. The van der Waals surface area contributed by atoms with E-state index in [2.05, 4.69) is 26.8 Å². The quantitative estimate of drug-likeness (QED) is 0.0368. The number of ether oxygens (including phenoxy) is 9. The maximum Gasteiger partial charge on any atom is 0.405 e. The highest BCUT2D eigenvalue weighted by molar-refractivity contribution is 5.70. The average molecular weight is 754 g/mol. The van der Waals surface area contributed by atoms with Crippen molar-refractivity contribution in [3.8, 4) is 0 Å². The molecule has 2 rings (SSSR count). The van der Waals surface area contributed by atoms with Crippen molar-refractivity contribution in [2.24, 2.45) is 23.5 Å². The van der Waals surface area contributed by atoms with Crippen LogP contribution < -0.4 is 5.73 Å². The fourth-order valence-corrected chi connectivity index (χ4v) is 6.75. The van der Waals surface area contributed by atoms with Gasteiger partial charge in [0.25, 0.3) is 0 Å². The minimum absolute atomic E-state index is 0.0486. The Balaban J connectivity index is 2.21. The molecule has 1 amide bonds. The third-order valence-electron chi connectivity index (χ3n) is 9.92. The molecular formula is C41H71NO11. The van der Waals surface area contributed by atoms with Crippen molar-refractivity contribution in [2.75, 3.05) is 59.5 Å². The lowest BCUT2D eigenvalue weighted by atomic mass is 9.88.